The minimum atomic E-state index is -1.03. The van der Waals surface area contributed by atoms with Crippen molar-refractivity contribution in [1.29, 1.82) is 0 Å². The molecular formula is C17H20N2O2. The van der Waals surface area contributed by atoms with E-state index in [9.17, 15) is 5.11 Å². The zero-order valence-corrected chi connectivity index (χ0v) is 12.2. The van der Waals surface area contributed by atoms with Gasteiger partial charge in [-0.1, -0.05) is 18.2 Å². The molecule has 3 rings (SSSR count). The number of anilines is 1. The van der Waals surface area contributed by atoms with Gasteiger partial charge in [0.1, 0.15) is 5.60 Å². The maximum atomic E-state index is 10.8. The van der Waals surface area contributed by atoms with Crippen molar-refractivity contribution in [2.45, 2.75) is 12.5 Å². The Balaban J connectivity index is 1.83. The summed E-state index contributed by atoms with van der Waals surface area (Å²) in [5.41, 5.74) is 1.80. The zero-order chi connectivity index (χ0) is 14.7. The maximum absolute atomic E-state index is 10.8. The van der Waals surface area contributed by atoms with Gasteiger partial charge in [-0.15, -0.1) is 0 Å². The SMILES string of the molecule is C[C@@](O)(c1ccc(N2CCOCC2)cc1)c1cccnc1. The summed E-state index contributed by atoms with van der Waals surface area (Å²) in [5.74, 6) is 0. The Hall–Kier alpha value is -1.91. The van der Waals surface area contributed by atoms with Crippen molar-refractivity contribution in [3.63, 3.8) is 0 Å². The smallest absolute Gasteiger partial charge is 0.113 e. The van der Waals surface area contributed by atoms with Crippen molar-refractivity contribution >= 4 is 5.69 Å². The molecule has 0 aliphatic carbocycles. The summed E-state index contributed by atoms with van der Waals surface area (Å²) < 4.78 is 5.37. The highest BCUT2D eigenvalue weighted by atomic mass is 16.5. The lowest BCUT2D eigenvalue weighted by Gasteiger charge is -2.30. The summed E-state index contributed by atoms with van der Waals surface area (Å²) in [4.78, 5) is 6.38. The molecule has 2 aromatic rings. The lowest BCUT2D eigenvalue weighted by atomic mass is 9.89. The van der Waals surface area contributed by atoms with E-state index in [0.29, 0.717) is 0 Å². The van der Waals surface area contributed by atoms with E-state index < -0.39 is 5.60 Å². The summed E-state index contributed by atoms with van der Waals surface area (Å²) in [5, 5.41) is 10.8. The van der Waals surface area contributed by atoms with Crippen LogP contribution in [0.1, 0.15) is 18.1 Å². The Morgan fingerprint density at radius 1 is 1.10 bits per heavy atom. The van der Waals surface area contributed by atoms with Crippen LogP contribution in [0, 0.1) is 0 Å². The predicted molar refractivity (Wildman–Crippen MR) is 82.4 cm³/mol. The monoisotopic (exact) mass is 284 g/mol. The van der Waals surface area contributed by atoms with Crippen molar-refractivity contribution in [3.8, 4) is 0 Å². The lowest BCUT2D eigenvalue weighted by Crippen LogP contribution is -2.36. The van der Waals surface area contributed by atoms with E-state index in [0.717, 1.165) is 37.4 Å². The summed E-state index contributed by atoms with van der Waals surface area (Å²) >= 11 is 0. The summed E-state index contributed by atoms with van der Waals surface area (Å²) in [7, 11) is 0. The molecular weight excluding hydrogens is 264 g/mol. The van der Waals surface area contributed by atoms with Gasteiger partial charge in [0.25, 0.3) is 0 Å². The van der Waals surface area contributed by atoms with E-state index in [4.69, 9.17) is 4.74 Å². The zero-order valence-electron chi connectivity index (χ0n) is 12.2. The van der Waals surface area contributed by atoms with Gasteiger partial charge >= 0.3 is 0 Å². The first-order chi connectivity index (χ1) is 10.2. The van der Waals surface area contributed by atoms with Crippen LogP contribution in [0.25, 0.3) is 0 Å². The molecule has 1 aromatic carbocycles. The molecule has 0 spiro atoms. The van der Waals surface area contributed by atoms with Crippen LogP contribution in [-0.4, -0.2) is 36.4 Å². The first kappa shape index (κ1) is 14.0. The van der Waals surface area contributed by atoms with E-state index in [-0.39, 0.29) is 0 Å². The third-order valence-electron chi connectivity index (χ3n) is 4.03. The molecule has 0 unspecified atom stereocenters. The van der Waals surface area contributed by atoms with Crippen molar-refractivity contribution in [3.05, 3.63) is 59.9 Å². The predicted octanol–water partition coefficient (Wildman–Crippen LogP) is 2.17. The standard InChI is InChI=1S/C17H20N2O2/c1-17(20,15-3-2-8-18-13-15)14-4-6-16(7-5-14)19-9-11-21-12-10-19/h2-8,13,20H,9-12H2,1H3/t17-/m1/s1. The van der Waals surface area contributed by atoms with Crippen LogP contribution in [0.2, 0.25) is 0 Å². The maximum Gasteiger partial charge on any atom is 0.113 e. The quantitative estimate of drug-likeness (QED) is 0.938. The molecule has 2 heterocycles. The molecule has 1 N–H and O–H groups in total. The Labute approximate surface area is 125 Å². The van der Waals surface area contributed by atoms with Gasteiger partial charge in [0.15, 0.2) is 0 Å². The van der Waals surface area contributed by atoms with Crippen LogP contribution in [0.3, 0.4) is 0 Å². The highest BCUT2D eigenvalue weighted by Gasteiger charge is 2.25. The van der Waals surface area contributed by atoms with E-state index >= 15 is 0 Å². The molecule has 4 nitrogen and oxygen atoms in total. The number of pyridine rings is 1. The van der Waals surface area contributed by atoms with Gasteiger partial charge < -0.3 is 14.7 Å². The van der Waals surface area contributed by atoms with Gasteiger partial charge in [0.05, 0.1) is 13.2 Å². The Bertz CT molecular complexity index is 575. The molecule has 1 saturated heterocycles. The second kappa shape index (κ2) is 5.84. The number of hydrogen-bond donors (Lipinski definition) is 1. The van der Waals surface area contributed by atoms with Gasteiger partial charge in [-0.05, 0) is 30.7 Å². The second-order valence-electron chi connectivity index (χ2n) is 5.46. The van der Waals surface area contributed by atoms with Crippen molar-refractivity contribution < 1.29 is 9.84 Å². The number of benzene rings is 1. The third-order valence-corrected chi connectivity index (χ3v) is 4.03. The Morgan fingerprint density at radius 2 is 1.81 bits per heavy atom. The number of aromatic nitrogens is 1. The average molecular weight is 284 g/mol. The van der Waals surface area contributed by atoms with E-state index in [1.54, 1.807) is 19.3 Å². The van der Waals surface area contributed by atoms with Crippen molar-refractivity contribution in [1.82, 2.24) is 4.98 Å². The van der Waals surface area contributed by atoms with Crippen LogP contribution in [-0.2, 0) is 10.3 Å². The fraction of sp³-hybridized carbons (Fsp3) is 0.353. The van der Waals surface area contributed by atoms with Crippen LogP contribution in [0.15, 0.2) is 48.8 Å². The van der Waals surface area contributed by atoms with Crippen LogP contribution in [0.4, 0.5) is 5.69 Å². The van der Waals surface area contributed by atoms with Crippen LogP contribution >= 0.6 is 0 Å². The van der Waals surface area contributed by atoms with Crippen molar-refractivity contribution in [2.75, 3.05) is 31.2 Å². The van der Waals surface area contributed by atoms with Gasteiger partial charge in [0.2, 0.25) is 0 Å². The van der Waals surface area contributed by atoms with Crippen LogP contribution < -0.4 is 4.90 Å². The minimum absolute atomic E-state index is 0.773. The fourth-order valence-corrected chi connectivity index (χ4v) is 2.64. The number of aliphatic hydroxyl groups is 1. The van der Waals surface area contributed by atoms with Gasteiger partial charge in [0, 0.05) is 36.7 Å². The molecule has 1 aliphatic heterocycles. The van der Waals surface area contributed by atoms with E-state index in [1.807, 2.05) is 24.3 Å². The average Bonchev–Trinajstić information content (AvgIpc) is 2.57. The highest BCUT2D eigenvalue weighted by Crippen LogP contribution is 2.30. The van der Waals surface area contributed by atoms with E-state index in [1.165, 1.54) is 5.69 Å². The first-order valence-corrected chi connectivity index (χ1v) is 7.24. The normalized spacial score (nSPS) is 18.3. The number of hydrogen-bond acceptors (Lipinski definition) is 4. The molecule has 1 aliphatic rings. The fourth-order valence-electron chi connectivity index (χ4n) is 2.64. The molecule has 0 amide bonds. The van der Waals surface area contributed by atoms with Gasteiger partial charge in [-0.2, -0.15) is 0 Å². The molecule has 1 fully saturated rings. The number of ether oxygens (including phenoxy) is 1. The molecule has 0 saturated carbocycles. The molecule has 4 heteroatoms. The number of morpholine rings is 1. The molecule has 1 aromatic heterocycles. The molecule has 0 radical (unpaired) electrons. The third kappa shape index (κ3) is 2.91. The van der Waals surface area contributed by atoms with Gasteiger partial charge in [-0.3, -0.25) is 4.98 Å². The lowest BCUT2D eigenvalue weighted by molar-refractivity contribution is 0.102. The topological polar surface area (TPSA) is 45.6 Å². The molecule has 1 atom stereocenters. The summed E-state index contributed by atoms with van der Waals surface area (Å²) in [6, 6.07) is 11.8. The molecule has 21 heavy (non-hydrogen) atoms. The Morgan fingerprint density at radius 3 is 2.43 bits per heavy atom. The highest BCUT2D eigenvalue weighted by molar-refractivity contribution is 5.49. The second-order valence-corrected chi connectivity index (χ2v) is 5.46. The molecule has 0 bridgehead atoms. The largest absolute Gasteiger partial charge is 0.381 e. The number of nitrogens with zero attached hydrogens (tertiary/aromatic N) is 2. The number of rotatable bonds is 3. The summed E-state index contributed by atoms with van der Waals surface area (Å²) in [6.07, 6.45) is 3.41. The minimum Gasteiger partial charge on any atom is -0.381 e. The molecule has 110 valence electrons. The van der Waals surface area contributed by atoms with Crippen LogP contribution in [0.5, 0.6) is 0 Å². The van der Waals surface area contributed by atoms with Crippen molar-refractivity contribution in [2.24, 2.45) is 0 Å². The van der Waals surface area contributed by atoms with E-state index in [2.05, 4.69) is 22.0 Å². The van der Waals surface area contributed by atoms with Gasteiger partial charge in [-0.25, -0.2) is 0 Å². The first-order valence-electron chi connectivity index (χ1n) is 7.24. The summed E-state index contributed by atoms with van der Waals surface area (Å²) in [6.45, 7) is 5.18. The Kier molecular flexibility index (Phi) is 3.90.